The number of thiazole rings is 1. The third-order valence-electron chi connectivity index (χ3n) is 3.40. The van der Waals surface area contributed by atoms with Crippen molar-refractivity contribution in [2.45, 2.75) is 30.8 Å². The topological polar surface area (TPSA) is 88.2 Å². The summed E-state index contributed by atoms with van der Waals surface area (Å²) in [5, 5.41) is 5.05. The zero-order valence-electron chi connectivity index (χ0n) is 14.3. The fourth-order valence-corrected chi connectivity index (χ4v) is 3.97. The first-order valence-electron chi connectivity index (χ1n) is 7.98. The van der Waals surface area contributed by atoms with Gasteiger partial charge in [0.05, 0.1) is 23.4 Å². The van der Waals surface area contributed by atoms with E-state index in [9.17, 15) is 26.4 Å². The van der Waals surface area contributed by atoms with E-state index < -0.39 is 29.2 Å². The summed E-state index contributed by atoms with van der Waals surface area (Å²) in [5.74, 6) is -0.134. The van der Waals surface area contributed by atoms with Gasteiger partial charge in [-0.2, -0.15) is 13.2 Å². The lowest BCUT2D eigenvalue weighted by molar-refractivity contribution is -0.132. The third kappa shape index (κ3) is 6.60. The van der Waals surface area contributed by atoms with Gasteiger partial charge in [-0.1, -0.05) is 12.1 Å². The SMILES string of the molecule is CCNC(=O)Cc1nc(-c2ccc(S(=O)(=O)NCCC(F)(F)F)cc2)cs1. The first-order chi connectivity index (χ1) is 12.6. The zero-order chi connectivity index (χ0) is 20.1. The number of aromatic nitrogens is 1. The number of carbonyl (C=O) groups is 1. The number of nitrogens with one attached hydrogen (secondary N) is 2. The Balaban J connectivity index is 2.04. The predicted octanol–water partition coefficient (Wildman–Crippen LogP) is 2.72. The van der Waals surface area contributed by atoms with Crippen LogP contribution in [-0.4, -0.2) is 38.6 Å². The Labute approximate surface area is 158 Å². The van der Waals surface area contributed by atoms with E-state index in [2.05, 4.69) is 10.3 Å². The second-order valence-electron chi connectivity index (χ2n) is 5.54. The van der Waals surface area contributed by atoms with E-state index in [-0.39, 0.29) is 17.2 Å². The molecule has 0 fully saturated rings. The molecule has 0 bridgehead atoms. The van der Waals surface area contributed by atoms with Crippen molar-refractivity contribution in [3.05, 3.63) is 34.7 Å². The molecule has 11 heteroatoms. The number of benzene rings is 1. The average molecular weight is 421 g/mol. The monoisotopic (exact) mass is 421 g/mol. The van der Waals surface area contributed by atoms with E-state index in [4.69, 9.17) is 0 Å². The summed E-state index contributed by atoms with van der Waals surface area (Å²) in [4.78, 5) is 15.8. The van der Waals surface area contributed by atoms with Crippen LogP contribution >= 0.6 is 11.3 Å². The number of hydrogen-bond donors (Lipinski definition) is 2. The molecule has 2 aromatic rings. The number of nitrogens with zero attached hydrogens (tertiary/aromatic N) is 1. The van der Waals surface area contributed by atoms with Crippen molar-refractivity contribution in [2.24, 2.45) is 0 Å². The lowest BCUT2D eigenvalue weighted by atomic mass is 10.2. The highest BCUT2D eigenvalue weighted by Gasteiger charge is 2.27. The molecular weight excluding hydrogens is 403 g/mol. The molecule has 0 unspecified atom stereocenters. The lowest BCUT2D eigenvalue weighted by Gasteiger charge is -2.09. The summed E-state index contributed by atoms with van der Waals surface area (Å²) in [6.45, 7) is 1.63. The van der Waals surface area contributed by atoms with E-state index in [1.165, 1.54) is 35.6 Å². The molecule has 1 aromatic carbocycles. The Bertz CT molecular complexity index is 878. The van der Waals surface area contributed by atoms with Crippen LogP contribution in [0, 0.1) is 0 Å². The zero-order valence-corrected chi connectivity index (χ0v) is 16.0. The van der Waals surface area contributed by atoms with E-state index in [1.807, 2.05) is 11.6 Å². The molecule has 0 atom stereocenters. The molecule has 2 N–H and O–H groups in total. The number of hydrogen-bond acceptors (Lipinski definition) is 5. The number of amides is 1. The van der Waals surface area contributed by atoms with Gasteiger partial charge in [0.25, 0.3) is 0 Å². The molecule has 0 saturated carbocycles. The summed E-state index contributed by atoms with van der Waals surface area (Å²) < 4.78 is 62.4. The minimum Gasteiger partial charge on any atom is -0.356 e. The van der Waals surface area contributed by atoms with Gasteiger partial charge < -0.3 is 5.32 Å². The van der Waals surface area contributed by atoms with Gasteiger partial charge in [-0.3, -0.25) is 4.79 Å². The summed E-state index contributed by atoms with van der Waals surface area (Å²) in [5.41, 5.74) is 1.23. The van der Waals surface area contributed by atoms with E-state index in [1.54, 1.807) is 5.38 Å². The Morgan fingerprint density at radius 3 is 2.48 bits per heavy atom. The van der Waals surface area contributed by atoms with Crippen molar-refractivity contribution in [3.63, 3.8) is 0 Å². The van der Waals surface area contributed by atoms with E-state index in [0.29, 0.717) is 22.8 Å². The maximum Gasteiger partial charge on any atom is 0.390 e. The highest BCUT2D eigenvalue weighted by molar-refractivity contribution is 7.89. The number of sulfonamides is 1. The van der Waals surface area contributed by atoms with Crippen molar-refractivity contribution in [3.8, 4) is 11.3 Å². The fourth-order valence-electron chi connectivity index (χ4n) is 2.14. The molecule has 27 heavy (non-hydrogen) atoms. The first kappa shape index (κ1) is 21.3. The quantitative estimate of drug-likeness (QED) is 0.686. The molecule has 0 aliphatic heterocycles. The van der Waals surface area contributed by atoms with Crippen molar-refractivity contribution in [1.29, 1.82) is 0 Å². The van der Waals surface area contributed by atoms with Crippen LogP contribution in [0.25, 0.3) is 11.3 Å². The van der Waals surface area contributed by atoms with Gasteiger partial charge in [0.15, 0.2) is 0 Å². The number of alkyl halides is 3. The highest BCUT2D eigenvalue weighted by atomic mass is 32.2. The van der Waals surface area contributed by atoms with E-state index >= 15 is 0 Å². The normalized spacial score (nSPS) is 12.1. The van der Waals surface area contributed by atoms with Gasteiger partial charge in [-0.25, -0.2) is 18.1 Å². The first-order valence-corrected chi connectivity index (χ1v) is 10.3. The summed E-state index contributed by atoms with van der Waals surface area (Å²) >= 11 is 1.31. The van der Waals surface area contributed by atoms with Crippen LogP contribution in [0.1, 0.15) is 18.4 Å². The van der Waals surface area contributed by atoms with Gasteiger partial charge in [0.1, 0.15) is 5.01 Å². The Kier molecular flexibility index (Phi) is 6.95. The van der Waals surface area contributed by atoms with Gasteiger partial charge in [0, 0.05) is 24.0 Å². The van der Waals surface area contributed by atoms with Crippen molar-refractivity contribution in [1.82, 2.24) is 15.0 Å². The molecule has 1 amide bonds. The summed E-state index contributed by atoms with van der Waals surface area (Å²) in [6, 6.07) is 5.63. The maximum absolute atomic E-state index is 12.1. The van der Waals surface area contributed by atoms with Crippen LogP contribution in [0.5, 0.6) is 0 Å². The lowest BCUT2D eigenvalue weighted by Crippen LogP contribution is -2.28. The number of likely N-dealkylation sites (N-methyl/N-ethyl adjacent to an activating group) is 1. The Morgan fingerprint density at radius 2 is 1.89 bits per heavy atom. The molecule has 6 nitrogen and oxygen atoms in total. The third-order valence-corrected chi connectivity index (χ3v) is 5.72. The van der Waals surface area contributed by atoms with Crippen molar-refractivity contribution in [2.75, 3.05) is 13.1 Å². The van der Waals surface area contributed by atoms with E-state index in [0.717, 1.165) is 0 Å². The van der Waals surface area contributed by atoms with Crippen LogP contribution in [-0.2, 0) is 21.2 Å². The minimum atomic E-state index is -4.43. The molecule has 0 aliphatic rings. The molecule has 0 saturated heterocycles. The van der Waals surface area contributed by atoms with Crippen LogP contribution in [0.3, 0.4) is 0 Å². The molecule has 148 valence electrons. The predicted molar refractivity (Wildman–Crippen MR) is 95.8 cm³/mol. The van der Waals surface area contributed by atoms with Gasteiger partial charge in [-0.15, -0.1) is 11.3 Å². The Hall–Kier alpha value is -1.98. The minimum absolute atomic E-state index is 0.133. The molecular formula is C16H18F3N3O3S2. The molecule has 2 rings (SSSR count). The van der Waals surface area contributed by atoms with Gasteiger partial charge in [-0.05, 0) is 19.1 Å². The highest BCUT2D eigenvalue weighted by Crippen LogP contribution is 2.24. The number of rotatable bonds is 8. The maximum atomic E-state index is 12.1. The molecule has 0 spiro atoms. The largest absolute Gasteiger partial charge is 0.390 e. The fraction of sp³-hybridized carbons (Fsp3) is 0.375. The number of halogens is 3. The standard InChI is InChI=1S/C16H18F3N3O3S2/c1-2-20-14(23)9-15-22-13(10-26-15)11-3-5-12(6-4-11)27(24,25)21-8-7-16(17,18)19/h3-6,10,21H,2,7-9H2,1H3,(H,20,23). The van der Waals surface area contributed by atoms with Crippen molar-refractivity contribution >= 4 is 27.3 Å². The van der Waals surface area contributed by atoms with Gasteiger partial charge >= 0.3 is 6.18 Å². The second kappa shape index (κ2) is 8.81. The van der Waals surface area contributed by atoms with Crippen molar-refractivity contribution < 1.29 is 26.4 Å². The molecule has 0 aliphatic carbocycles. The molecule has 1 aromatic heterocycles. The Morgan fingerprint density at radius 1 is 1.22 bits per heavy atom. The summed E-state index contributed by atoms with van der Waals surface area (Å²) in [7, 11) is -4.02. The number of carbonyl (C=O) groups excluding carboxylic acids is 1. The van der Waals surface area contributed by atoms with Crippen LogP contribution in [0.4, 0.5) is 13.2 Å². The molecule has 0 radical (unpaired) electrons. The van der Waals surface area contributed by atoms with Crippen LogP contribution < -0.4 is 10.0 Å². The van der Waals surface area contributed by atoms with Crippen LogP contribution in [0.15, 0.2) is 34.5 Å². The smallest absolute Gasteiger partial charge is 0.356 e. The van der Waals surface area contributed by atoms with Crippen LogP contribution in [0.2, 0.25) is 0 Å². The second-order valence-corrected chi connectivity index (χ2v) is 8.25. The average Bonchev–Trinajstić information content (AvgIpc) is 3.02. The molecule has 1 heterocycles. The summed E-state index contributed by atoms with van der Waals surface area (Å²) in [6.07, 6.45) is -5.51. The van der Waals surface area contributed by atoms with Gasteiger partial charge in [0.2, 0.25) is 15.9 Å².